The smallest absolute Gasteiger partial charge is 0.203 e. The molecule has 0 saturated carbocycles. The maximum Gasteiger partial charge on any atom is 0.203 e. The summed E-state index contributed by atoms with van der Waals surface area (Å²) in [4.78, 5) is 4.51. The molecule has 1 aromatic rings. The molecule has 4 heteroatoms. The first kappa shape index (κ1) is 14.0. The molecule has 1 heterocycles. The molecule has 0 bridgehead atoms. The van der Waals surface area contributed by atoms with Gasteiger partial charge in [-0.2, -0.15) is 0 Å². The highest BCUT2D eigenvalue weighted by Crippen LogP contribution is 2.20. The number of nitrogens with zero attached hydrogens (tertiary/aromatic N) is 2. The van der Waals surface area contributed by atoms with Crippen LogP contribution in [-0.4, -0.2) is 29.3 Å². The fourth-order valence-corrected chi connectivity index (χ4v) is 1.81. The molecule has 0 aromatic carbocycles. The lowest BCUT2D eigenvalue weighted by atomic mass is 9.97. The summed E-state index contributed by atoms with van der Waals surface area (Å²) in [6.45, 7) is 12.4. The molecule has 0 radical (unpaired) electrons. The van der Waals surface area contributed by atoms with Crippen LogP contribution >= 0.6 is 0 Å². The third-order valence-corrected chi connectivity index (χ3v) is 2.33. The number of hydrogen-bond acceptors (Lipinski definition) is 3. The lowest BCUT2D eigenvalue weighted by Gasteiger charge is -2.22. The Labute approximate surface area is 104 Å². The van der Waals surface area contributed by atoms with Gasteiger partial charge in [0.25, 0.3) is 0 Å². The summed E-state index contributed by atoms with van der Waals surface area (Å²) < 4.78 is 7.31. The number of imidazole rings is 1. The quantitative estimate of drug-likeness (QED) is 0.858. The standard InChI is InChI=1S/C13H25N3O/c1-10-7-16(9-13(3,4)5)12(14-10)15-11(2)8-17-6/h7,11H,8-9H2,1-6H3,(H,14,15). The second kappa shape index (κ2) is 5.54. The van der Waals surface area contributed by atoms with Gasteiger partial charge in [-0.25, -0.2) is 4.98 Å². The van der Waals surface area contributed by atoms with Crippen molar-refractivity contribution in [2.24, 2.45) is 5.41 Å². The monoisotopic (exact) mass is 239 g/mol. The van der Waals surface area contributed by atoms with Crippen molar-refractivity contribution < 1.29 is 4.74 Å². The van der Waals surface area contributed by atoms with Crippen LogP contribution in [0.4, 0.5) is 5.95 Å². The van der Waals surface area contributed by atoms with E-state index in [1.807, 2.05) is 6.92 Å². The van der Waals surface area contributed by atoms with E-state index in [0.29, 0.717) is 6.61 Å². The van der Waals surface area contributed by atoms with E-state index in [1.54, 1.807) is 7.11 Å². The number of aryl methyl sites for hydroxylation is 1. The highest BCUT2D eigenvalue weighted by atomic mass is 16.5. The van der Waals surface area contributed by atoms with Crippen molar-refractivity contribution in [1.29, 1.82) is 0 Å². The molecule has 98 valence electrons. The van der Waals surface area contributed by atoms with Crippen molar-refractivity contribution in [3.8, 4) is 0 Å². The van der Waals surface area contributed by atoms with Crippen LogP contribution in [0.25, 0.3) is 0 Å². The first-order valence-electron chi connectivity index (χ1n) is 6.11. The number of anilines is 1. The minimum atomic E-state index is 0.244. The molecule has 1 N–H and O–H groups in total. The zero-order valence-corrected chi connectivity index (χ0v) is 11.9. The Morgan fingerprint density at radius 3 is 2.65 bits per heavy atom. The number of hydrogen-bond donors (Lipinski definition) is 1. The number of rotatable bonds is 5. The molecule has 0 aliphatic rings. The SMILES string of the molecule is COCC(C)Nc1nc(C)cn1CC(C)(C)C. The predicted molar refractivity (Wildman–Crippen MR) is 71.4 cm³/mol. The van der Waals surface area contributed by atoms with Gasteiger partial charge < -0.3 is 14.6 Å². The Hall–Kier alpha value is -1.03. The average Bonchev–Trinajstić information content (AvgIpc) is 2.43. The molecule has 0 aliphatic heterocycles. The fourth-order valence-electron chi connectivity index (χ4n) is 1.81. The second-order valence-electron chi connectivity index (χ2n) is 5.90. The van der Waals surface area contributed by atoms with E-state index in [2.05, 4.69) is 48.8 Å². The third-order valence-electron chi connectivity index (χ3n) is 2.33. The van der Waals surface area contributed by atoms with Crippen molar-refractivity contribution in [2.75, 3.05) is 19.0 Å². The van der Waals surface area contributed by atoms with Crippen LogP contribution in [-0.2, 0) is 11.3 Å². The summed E-state index contributed by atoms with van der Waals surface area (Å²) in [5.41, 5.74) is 1.29. The van der Waals surface area contributed by atoms with E-state index in [4.69, 9.17) is 4.74 Å². The first-order valence-corrected chi connectivity index (χ1v) is 6.11. The summed E-state index contributed by atoms with van der Waals surface area (Å²) in [6.07, 6.45) is 2.09. The van der Waals surface area contributed by atoms with Crippen LogP contribution in [0.3, 0.4) is 0 Å². The molecular formula is C13H25N3O. The predicted octanol–water partition coefficient (Wildman–Crippen LogP) is 2.68. The van der Waals surface area contributed by atoms with E-state index in [1.165, 1.54) is 0 Å². The lowest BCUT2D eigenvalue weighted by Crippen LogP contribution is -2.24. The van der Waals surface area contributed by atoms with Crippen LogP contribution in [0.2, 0.25) is 0 Å². The Bertz CT molecular complexity index is 352. The highest BCUT2D eigenvalue weighted by Gasteiger charge is 2.15. The van der Waals surface area contributed by atoms with Crippen LogP contribution < -0.4 is 5.32 Å². The molecule has 1 aromatic heterocycles. The van der Waals surface area contributed by atoms with Crippen LogP contribution in [0.5, 0.6) is 0 Å². The third kappa shape index (κ3) is 4.77. The van der Waals surface area contributed by atoms with Gasteiger partial charge in [0.15, 0.2) is 0 Å². The van der Waals surface area contributed by atoms with E-state index >= 15 is 0 Å². The molecule has 1 atom stereocenters. The normalized spacial score (nSPS) is 13.8. The van der Waals surface area contributed by atoms with E-state index in [0.717, 1.165) is 18.2 Å². The van der Waals surface area contributed by atoms with Gasteiger partial charge in [0.2, 0.25) is 5.95 Å². The molecular weight excluding hydrogens is 214 g/mol. The molecule has 0 saturated heterocycles. The van der Waals surface area contributed by atoms with Crippen LogP contribution in [0.15, 0.2) is 6.20 Å². The van der Waals surface area contributed by atoms with Gasteiger partial charge in [-0.1, -0.05) is 20.8 Å². The summed E-state index contributed by atoms with van der Waals surface area (Å²) >= 11 is 0. The zero-order valence-electron chi connectivity index (χ0n) is 11.9. The van der Waals surface area contributed by atoms with Gasteiger partial charge in [-0.05, 0) is 19.3 Å². The number of aromatic nitrogens is 2. The van der Waals surface area contributed by atoms with Gasteiger partial charge in [-0.3, -0.25) is 0 Å². The summed E-state index contributed by atoms with van der Waals surface area (Å²) in [6, 6.07) is 0.264. The van der Waals surface area contributed by atoms with Crippen molar-refractivity contribution in [3.05, 3.63) is 11.9 Å². The Kier molecular flexibility index (Phi) is 4.57. The van der Waals surface area contributed by atoms with E-state index < -0.39 is 0 Å². The maximum atomic E-state index is 5.12. The molecule has 0 fully saturated rings. The molecule has 1 rings (SSSR count). The van der Waals surface area contributed by atoms with E-state index in [9.17, 15) is 0 Å². The molecule has 0 spiro atoms. The van der Waals surface area contributed by atoms with Crippen molar-refractivity contribution >= 4 is 5.95 Å². The fraction of sp³-hybridized carbons (Fsp3) is 0.769. The minimum absolute atomic E-state index is 0.244. The zero-order chi connectivity index (χ0) is 13.1. The number of nitrogens with one attached hydrogen (secondary N) is 1. The van der Waals surface area contributed by atoms with Gasteiger partial charge >= 0.3 is 0 Å². The number of methoxy groups -OCH3 is 1. The highest BCUT2D eigenvalue weighted by molar-refractivity contribution is 5.30. The second-order valence-corrected chi connectivity index (χ2v) is 5.90. The van der Waals surface area contributed by atoms with Crippen molar-refractivity contribution in [1.82, 2.24) is 9.55 Å². The summed E-state index contributed by atoms with van der Waals surface area (Å²) in [5.74, 6) is 0.932. The lowest BCUT2D eigenvalue weighted by molar-refractivity contribution is 0.190. The van der Waals surface area contributed by atoms with Crippen LogP contribution in [0.1, 0.15) is 33.4 Å². The largest absolute Gasteiger partial charge is 0.383 e. The minimum Gasteiger partial charge on any atom is -0.383 e. The summed E-state index contributed by atoms with van der Waals surface area (Å²) in [7, 11) is 1.71. The van der Waals surface area contributed by atoms with E-state index in [-0.39, 0.29) is 11.5 Å². The average molecular weight is 239 g/mol. The summed E-state index contributed by atoms with van der Waals surface area (Å²) in [5, 5.41) is 3.38. The van der Waals surface area contributed by atoms with Gasteiger partial charge in [0, 0.05) is 25.9 Å². The van der Waals surface area contributed by atoms with Gasteiger partial charge in [0.1, 0.15) is 0 Å². The molecule has 0 amide bonds. The van der Waals surface area contributed by atoms with Crippen molar-refractivity contribution in [2.45, 2.75) is 47.2 Å². The topological polar surface area (TPSA) is 39.1 Å². The van der Waals surface area contributed by atoms with Gasteiger partial charge in [-0.15, -0.1) is 0 Å². The van der Waals surface area contributed by atoms with Crippen LogP contribution in [0, 0.1) is 12.3 Å². The van der Waals surface area contributed by atoms with Crippen molar-refractivity contribution in [3.63, 3.8) is 0 Å². The maximum absolute atomic E-state index is 5.12. The van der Waals surface area contributed by atoms with Gasteiger partial charge in [0.05, 0.1) is 12.3 Å². The Balaban J connectivity index is 2.77. The molecule has 0 aliphatic carbocycles. The molecule has 17 heavy (non-hydrogen) atoms. The molecule has 4 nitrogen and oxygen atoms in total. The Morgan fingerprint density at radius 2 is 2.12 bits per heavy atom. The number of ether oxygens (including phenoxy) is 1. The molecule has 1 unspecified atom stereocenters. The Morgan fingerprint density at radius 1 is 1.47 bits per heavy atom. The first-order chi connectivity index (χ1) is 7.81.